The third kappa shape index (κ3) is 1.93. The monoisotopic (exact) mass is 256 g/mol. The summed E-state index contributed by atoms with van der Waals surface area (Å²) in [6.45, 7) is 4.69. The van der Waals surface area contributed by atoms with Gasteiger partial charge in [-0.05, 0) is 24.5 Å². The number of fused-ring (bicyclic) bond motifs is 3. The van der Waals surface area contributed by atoms with Crippen molar-refractivity contribution < 1.29 is 4.79 Å². The van der Waals surface area contributed by atoms with Crippen LogP contribution in [0.3, 0.4) is 0 Å². The van der Waals surface area contributed by atoms with Crippen LogP contribution in [-0.2, 0) is 11.2 Å². The van der Waals surface area contributed by atoms with Crippen LogP contribution in [0.25, 0.3) is 10.9 Å². The van der Waals surface area contributed by atoms with Crippen LogP contribution < -0.4 is 0 Å². The van der Waals surface area contributed by atoms with Gasteiger partial charge in [0.15, 0.2) is 0 Å². The van der Waals surface area contributed by atoms with Gasteiger partial charge in [-0.15, -0.1) is 0 Å². The number of nitrogens with one attached hydrogen (secondary N) is 1. The fourth-order valence-corrected chi connectivity index (χ4v) is 3.27. The van der Waals surface area contributed by atoms with Gasteiger partial charge in [-0.3, -0.25) is 4.79 Å². The molecule has 1 amide bonds. The molecular formula is C16H20N2O. The Balaban J connectivity index is 2.12. The third-order valence-electron chi connectivity index (χ3n) is 4.13. The summed E-state index contributed by atoms with van der Waals surface area (Å²) >= 11 is 0. The fraction of sp³-hybridized carbons (Fsp3) is 0.438. The highest BCUT2D eigenvalue weighted by molar-refractivity contribution is 5.86. The molecule has 3 rings (SSSR count). The van der Waals surface area contributed by atoms with E-state index in [1.165, 1.54) is 22.2 Å². The van der Waals surface area contributed by atoms with Crippen LogP contribution in [0.15, 0.2) is 24.3 Å². The van der Waals surface area contributed by atoms with Gasteiger partial charge in [0.1, 0.15) is 0 Å². The standard InChI is InChI=1S/C16H20N2O/c1-3-6-15-16-13(9-10-18(15)11(2)19)12-7-4-5-8-14(12)17-16/h4-5,7-8,15,17H,3,6,9-10H2,1-2H3. The Morgan fingerprint density at radius 3 is 2.95 bits per heavy atom. The van der Waals surface area contributed by atoms with Gasteiger partial charge in [0.2, 0.25) is 5.91 Å². The van der Waals surface area contributed by atoms with Crippen molar-refractivity contribution in [3.05, 3.63) is 35.5 Å². The van der Waals surface area contributed by atoms with E-state index < -0.39 is 0 Å². The van der Waals surface area contributed by atoms with Gasteiger partial charge in [0.25, 0.3) is 0 Å². The maximum Gasteiger partial charge on any atom is 0.220 e. The highest BCUT2D eigenvalue weighted by Gasteiger charge is 2.30. The van der Waals surface area contributed by atoms with Crippen molar-refractivity contribution in [2.75, 3.05) is 6.54 Å². The van der Waals surface area contributed by atoms with E-state index in [1.807, 2.05) is 4.90 Å². The minimum atomic E-state index is 0.183. The molecule has 3 nitrogen and oxygen atoms in total. The molecule has 1 aromatic heterocycles. The number of para-hydroxylation sites is 1. The summed E-state index contributed by atoms with van der Waals surface area (Å²) < 4.78 is 0. The molecule has 1 aliphatic heterocycles. The molecule has 0 fully saturated rings. The Morgan fingerprint density at radius 2 is 2.21 bits per heavy atom. The molecule has 1 unspecified atom stereocenters. The zero-order chi connectivity index (χ0) is 13.4. The predicted molar refractivity (Wildman–Crippen MR) is 77.0 cm³/mol. The molecule has 0 saturated carbocycles. The average molecular weight is 256 g/mol. The highest BCUT2D eigenvalue weighted by atomic mass is 16.2. The minimum absolute atomic E-state index is 0.183. The Bertz CT molecular complexity index is 614. The smallest absolute Gasteiger partial charge is 0.220 e. The lowest BCUT2D eigenvalue weighted by Crippen LogP contribution is -2.38. The molecule has 1 aliphatic rings. The van der Waals surface area contributed by atoms with Crippen molar-refractivity contribution >= 4 is 16.8 Å². The fourth-order valence-electron chi connectivity index (χ4n) is 3.27. The van der Waals surface area contributed by atoms with E-state index in [-0.39, 0.29) is 11.9 Å². The molecule has 19 heavy (non-hydrogen) atoms. The van der Waals surface area contributed by atoms with E-state index in [4.69, 9.17) is 0 Å². The number of hydrogen-bond donors (Lipinski definition) is 1. The molecule has 0 radical (unpaired) electrons. The number of aromatic nitrogens is 1. The lowest BCUT2D eigenvalue weighted by molar-refractivity contribution is -0.132. The first-order chi connectivity index (χ1) is 9.22. The molecule has 0 bridgehead atoms. The summed E-state index contributed by atoms with van der Waals surface area (Å²) in [6, 6.07) is 8.66. The van der Waals surface area contributed by atoms with Crippen LogP contribution in [0.4, 0.5) is 0 Å². The second-order valence-corrected chi connectivity index (χ2v) is 5.33. The number of amides is 1. The molecule has 0 saturated heterocycles. The maximum absolute atomic E-state index is 11.8. The Kier molecular flexibility index (Phi) is 3.05. The summed E-state index contributed by atoms with van der Waals surface area (Å²) in [5.41, 5.74) is 3.86. The second-order valence-electron chi connectivity index (χ2n) is 5.33. The van der Waals surface area contributed by atoms with Crippen LogP contribution in [0.5, 0.6) is 0 Å². The van der Waals surface area contributed by atoms with Crippen molar-refractivity contribution in [3.63, 3.8) is 0 Å². The van der Waals surface area contributed by atoms with Crippen molar-refractivity contribution in [3.8, 4) is 0 Å². The second kappa shape index (κ2) is 4.72. The van der Waals surface area contributed by atoms with Gasteiger partial charge in [-0.25, -0.2) is 0 Å². The van der Waals surface area contributed by atoms with Gasteiger partial charge in [-0.1, -0.05) is 31.5 Å². The van der Waals surface area contributed by atoms with E-state index in [0.717, 1.165) is 25.8 Å². The van der Waals surface area contributed by atoms with E-state index in [0.29, 0.717) is 0 Å². The molecule has 2 aromatic rings. The van der Waals surface area contributed by atoms with Crippen molar-refractivity contribution in [2.45, 2.75) is 39.2 Å². The summed E-state index contributed by atoms with van der Waals surface area (Å²) in [5.74, 6) is 0.183. The first kappa shape index (κ1) is 12.3. The zero-order valence-corrected chi connectivity index (χ0v) is 11.6. The molecule has 2 heterocycles. The molecule has 1 atom stereocenters. The average Bonchev–Trinajstić information content (AvgIpc) is 2.78. The van der Waals surface area contributed by atoms with Crippen LogP contribution in [-0.4, -0.2) is 22.3 Å². The molecule has 1 N–H and O–H groups in total. The first-order valence-corrected chi connectivity index (χ1v) is 7.09. The first-order valence-electron chi connectivity index (χ1n) is 7.09. The van der Waals surface area contributed by atoms with E-state index in [9.17, 15) is 4.79 Å². The van der Waals surface area contributed by atoms with Gasteiger partial charge in [0, 0.05) is 30.1 Å². The van der Waals surface area contributed by atoms with E-state index >= 15 is 0 Å². The van der Waals surface area contributed by atoms with E-state index in [2.05, 4.69) is 36.2 Å². The minimum Gasteiger partial charge on any atom is -0.356 e. The van der Waals surface area contributed by atoms with Crippen LogP contribution in [0.1, 0.15) is 44.0 Å². The molecular weight excluding hydrogens is 236 g/mol. The van der Waals surface area contributed by atoms with Gasteiger partial charge in [-0.2, -0.15) is 0 Å². The number of H-pyrrole nitrogens is 1. The molecule has 100 valence electrons. The van der Waals surface area contributed by atoms with Gasteiger partial charge in [0.05, 0.1) is 6.04 Å². The lowest BCUT2D eigenvalue weighted by atomic mass is 9.94. The number of carbonyl (C=O) groups is 1. The van der Waals surface area contributed by atoms with Gasteiger partial charge < -0.3 is 9.88 Å². The Labute approximate surface area is 113 Å². The summed E-state index contributed by atoms with van der Waals surface area (Å²) in [5, 5.41) is 1.32. The lowest BCUT2D eigenvalue weighted by Gasteiger charge is -2.35. The predicted octanol–water partition coefficient (Wildman–Crippen LogP) is 3.41. The molecule has 1 aromatic carbocycles. The Morgan fingerprint density at radius 1 is 1.42 bits per heavy atom. The zero-order valence-electron chi connectivity index (χ0n) is 11.6. The van der Waals surface area contributed by atoms with Crippen molar-refractivity contribution in [2.24, 2.45) is 0 Å². The number of nitrogens with zero attached hydrogens (tertiary/aromatic N) is 1. The Hall–Kier alpha value is -1.77. The number of hydrogen-bond acceptors (Lipinski definition) is 1. The number of carbonyl (C=O) groups excluding carboxylic acids is 1. The summed E-state index contributed by atoms with van der Waals surface area (Å²) in [7, 11) is 0. The van der Waals surface area contributed by atoms with Crippen molar-refractivity contribution in [1.82, 2.24) is 9.88 Å². The topological polar surface area (TPSA) is 36.1 Å². The maximum atomic E-state index is 11.8. The third-order valence-corrected chi connectivity index (χ3v) is 4.13. The molecule has 0 spiro atoms. The van der Waals surface area contributed by atoms with Crippen LogP contribution in [0, 0.1) is 0 Å². The molecule has 0 aliphatic carbocycles. The normalized spacial score (nSPS) is 18.6. The van der Waals surface area contributed by atoms with Gasteiger partial charge >= 0.3 is 0 Å². The molecule has 3 heteroatoms. The number of rotatable bonds is 2. The number of aromatic amines is 1. The summed E-state index contributed by atoms with van der Waals surface area (Å²) in [6.07, 6.45) is 3.07. The summed E-state index contributed by atoms with van der Waals surface area (Å²) in [4.78, 5) is 17.4. The number of benzene rings is 1. The van der Waals surface area contributed by atoms with Crippen LogP contribution >= 0.6 is 0 Å². The highest BCUT2D eigenvalue weighted by Crippen LogP contribution is 2.36. The van der Waals surface area contributed by atoms with Crippen LogP contribution in [0.2, 0.25) is 0 Å². The largest absolute Gasteiger partial charge is 0.356 e. The van der Waals surface area contributed by atoms with E-state index in [1.54, 1.807) is 6.92 Å². The van der Waals surface area contributed by atoms with Crippen molar-refractivity contribution in [1.29, 1.82) is 0 Å². The SMILES string of the molecule is CCCC1c2[nH]c3ccccc3c2CCN1C(C)=O. The quantitative estimate of drug-likeness (QED) is 0.878.